The lowest BCUT2D eigenvalue weighted by molar-refractivity contribution is 0.0699. The van der Waals surface area contributed by atoms with Crippen LogP contribution in [0.4, 0.5) is 0 Å². The molecule has 27 heavy (non-hydrogen) atoms. The van der Waals surface area contributed by atoms with Crippen LogP contribution in [0.1, 0.15) is 25.0 Å². The molecule has 6 heteroatoms. The molecule has 0 bridgehead atoms. The number of hydrogen-bond acceptors (Lipinski definition) is 4. The highest BCUT2D eigenvalue weighted by Crippen LogP contribution is 2.27. The fourth-order valence-corrected chi connectivity index (χ4v) is 5.46. The molecule has 0 aromatic heterocycles. The van der Waals surface area contributed by atoms with Gasteiger partial charge in [-0.25, -0.2) is 8.42 Å². The molecule has 0 amide bonds. The van der Waals surface area contributed by atoms with Gasteiger partial charge in [0, 0.05) is 31.7 Å². The van der Waals surface area contributed by atoms with Crippen LogP contribution in [0.25, 0.3) is 0 Å². The van der Waals surface area contributed by atoms with E-state index in [0.29, 0.717) is 23.7 Å². The van der Waals surface area contributed by atoms with Crippen LogP contribution >= 0.6 is 0 Å². The first-order valence-corrected chi connectivity index (χ1v) is 10.7. The highest BCUT2D eigenvalue weighted by Gasteiger charge is 2.36. The first-order valence-electron chi connectivity index (χ1n) is 9.27. The summed E-state index contributed by atoms with van der Waals surface area (Å²) in [4.78, 5) is 2.71. The fraction of sp³-hybridized carbons (Fsp3) is 0.429. The molecule has 0 radical (unpaired) electrons. The van der Waals surface area contributed by atoms with E-state index in [-0.39, 0.29) is 12.1 Å². The second kappa shape index (κ2) is 8.00. The Morgan fingerprint density at radius 3 is 2.22 bits per heavy atom. The summed E-state index contributed by atoms with van der Waals surface area (Å²) in [5.74, 6) is 0.698. The van der Waals surface area contributed by atoms with E-state index in [4.69, 9.17) is 4.74 Å². The molecule has 1 aliphatic heterocycles. The normalized spacial score (nSPS) is 21.9. The predicted molar refractivity (Wildman–Crippen MR) is 107 cm³/mol. The van der Waals surface area contributed by atoms with Crippen LogP contribution in [0.2, 0.25) is 0 Å². The SMILES string of the molecule is COc1ccc(S(=O)(=O)N2CC(C)N(Cc3ccccc3)C(C)C2)cc1C. The number of hydrogen-bond donors (Lipinski definition) is 0. The number of rotatable bonds is 5. The van der Waals surface area contributed by atoms with Crippen LogP contribution < -0.4 is 4.74 Å². The van der Waals surface area contributed by atoms with Gasteiger partial charge in [-0.05, 0) is 50.1 Å². The standard InChI is InChI=1S/C21H28N2O3S/c1-16-12-20(10-11-21(16)26-4)27(24,25)22-13-17(2)23(18(3)14-22)15-19-8-6-5-7-9-19/h5-12,17-18H,13-15H2,1-4H3. The Labute approximate surface area is 162 Å². The number of sulfonamides is 1. The van der Waals surface area contributed by atoms with Crippen LogP contribution in [-0.2, 0) is 16.6 Å². The maximum atomic E-state index is 13.2. The molecule has 1 aliphatic rings. The molecule has 0 saturated carbocycles. The van der Waals surface area contributed by atoms with Gasteiger partial charge in [0.2, 0.25) is 10.0 Å². The monoisotopic (exact) mass is 388 g/mol. The average molecular weight is 389 g/mol. The van der Waals surface area contributed by atoms with Gasteiger partial charge < -0.3 is 4.74 Å². The third kappa shape index (κ3) is 4.18. The Kier molecular flexibility index (Phi) is 5.89. The lowest BCUT2D eigenvalue weighted by Gasteiger charge is -2.43. The summed E-state index contributed by atoms with van der Waals surface area (Å²) < 4.78 is 33.2. The molecular weight excluding hydrogens is 360 g/mol. The maximum Gasteiger partial charge on any atom is 0.243 e. The Bertz CT molecular complexity index is 872. The first-order chi connectivity index (χ1) is 12.8. The minimum atomic E-state index is -3.52. The molecule has 2 aromatic rings. The van der Waals surface area contributed by atoms with E-state index >= 15 is 0 Å². The van der Waals surface area contributed by atoms with Crippen molar-refractivity contribution in [3.8, 4) is 5.75 Å². The number of methoxy groups -OCH3 is 1. The van der Waals surface area contributed by atoms with Gasteiger partial charge >= 0.3 is 0 Å². The van der Waals surface area contributed by atoms with Crippen LogP contribution in [-0.4, -0.2) is 49.9 Å². The lowest BCUT2D eigenvalue weighted by Crippen LogP contribution is -2.57. The molecular formula is C21H28N2O3S. The van der Waals surface area contributed by atoms with Crippen LogP contribution in [0.15, 0.2) is 53.4 Å². The fourth-order valence-electron chi connectivity index (χ4n) is 3.77. The van der Waals surface area contributed by atoms with Gasteiger partial charge in [0.05, 0.1) is 12.0 Å². The van der Waals surface area contributed by atoms with Gasteiger partial charge in [-0.1, -0.05) is 30.3 Å². The number of benzene rings is 2. The topological polar surface area (TPSA) is 49.9 Å². The van der Waals surface area contributed by atoms with Crippen molar-refractivity contribution >= 4 is 10.0 Å². The number of nitrogens with zero attached hydrogens (tertiary/aromatic N) is 2. The van der Waals surface area contributed by atoms with Gasteiger partial charge in [-0.15, -0.1) is 0 Å². The van der Waals surface area contributed by atoms with Crippen LogP contribution in [0, 0.1) is 6.92 Å². The van der Waals surface area contributed by atoms with Gasteiger partial charge in [-0.3, -0.25) is 4.90 Å². The molecule has 2 aromatic carbocycles. The van der Waals surface area contributed by atoms with E-state index in [1.165, 1.54) is 5.56 Å². The largest absolute Gasteiger partial charge is 0.496 e. The summed E-state index contributed by atoms with van der Waals surface area (Å²) in [6, 6.07) is 15.6. The Morgan fingerprint density at radius 1 is 1.04 bits per heavy atom. The molecule has 3 rings (SSSR count). The number of piperazine rings is 1. The van der Waals surface area contributed by atoms with E-state index in [0.717, 1.165) is 12.1 Å². The summed E-state index contributed by atoms with van der Waals surface area (Å²) in [6.07, 6.45) is 0. The molecule has 0 aliphatic carbocycles. The van der Waals surface area contributed by atoms with Gasteiger partial charge in [-0.2, -0.15) is 4.31 Å². The molecule has 1 saturated heterocycles. The third-order valence-electron chi connectivity index (χ3n) is 5.28. The molecule has 2 atom stereocenters. The zero-order chi connectivity index (χ0) is 19.6. The quantitative estimate of drug-likeness (QED) is 0.789. The van der Waals surface area contributed by atoms with E-state index < -0.39 is 10.0 Å². The van der Waals surface area contributed by atoms with Gasteiger partial charge in [0.25, 0.3) is 0 Å². The zero-order valence-corrected chi connectivity index (χ0v) is 17.2. The second-order valence-corrected chi connectivity index (χ2v) is 9.25. The Balaban J connectivity index is 1.78. The Hall–Kier alpha value is -1.89. The summed E-state index contributed by atoms with van der Waals surface area (Å²) in [6.45, 7) is 7.87. The van der Waals surface area contributed by atoms with Crippen molar-refractivity contribution < 1.29 is 13.2 Å². The van der Waals surface area contributed by atoms with Crippen LogP contribution in [0.3, 0.4) is 0 Å². The molecule has 2 unspecified atom stereocenters. The van der Waals surface area contributed by atoms with Crippen molar-refractivity contribution in [2.45, 2.75) is 44.3 Å². The Morgan fingerprint density at radius 2 is 1.67 bits per heavy atom. The summed E-state index contributed by atoms with van der Waals surface area (Å²) >= 11 is 0. The molecule has 1 fully saturated rings. The highest BCUT2D eigenvalue weighted by atomic mass is 32.2. The van der Waals surface area contributed by atoms with Crippen molar-refractivity contribution in [1.29, 1.82) is 0 Å². The molecule has 0 spiro atoms. The molecule has 5 nitrogen and oxygen atoms in total. The van der Waals surface area contributed by atoms with Crippen molar-refractivity contribution in [1.82, 2.24) is 9.21 Å². The van der Waals surface area contributed by atoms with Crippen molar-refractivity contribution in [3.05, 3.63) is 59.7 Å². The third-order valence-corrected chi connectivity index (χ3v) is 7.11. The zero-order valence-electron chi connectivity index (χ0n) is 16.4. The summed E-state index contributed by atoms with van der Waals surface area (Å²) in [5.41, 5.74) is 2.07. The molecule has 0 N–H and O–H groups in total. The smallest absolute Gasteiger partial charge is 0.243 e. The first kappa shape index (κ1) is 19.9. The van der Waals surface area contributed by atoms with E-state index in [1.807, 2.05) is 25.1 Å². The lowest BCUT2D eigenvalue weighted by atomic mass is 10.1. The maximum absolute atomic E-state index is 13.2. The molecule has 146 valence electrons. The minimum Gasteiger partial charge on any atom is -0.496 e. The average Bonchev–Trinajstić information content (AvgIpc) is 2.65. The van der Waals surface area contributed by atoms with Gasteiger partial charge in [0.1, 0.15) is 5.75 Å². The van der Waals surface area contributed by atoms with Crippen molar-refractivity contribution in [2.75, 3.05) is 20.2 Å². The number of aryl methyl sites for hydroxylation is 1. The highest BCUT2D eigenvalue weighted by molar-refractivity contribution is 7.89. The van der Waals surface area contributed by atoms with Crippen molar-refractivity contribution in [2.24, 2.45) is 0 Å². The van der Waals surface area contributed by atoms with E-state index in [2.05, 4.69) is 30.9 Å². The summed E-state index contributed by atoms with van der Waals surface area (Å²) in [7, 11) is -1.93. The number of ether oxygens (including phenoxy) is 1. The molecule has 1 heterocycles. The predicted octanol–water partition coefficient (Wildman–Crippen LogP) is 3.29. The van der Waals surface area contributed by atoms with E-state index in [9.17, 15) is 8.42 Å². The second-order valence-electron chi connectivity index (χ2n) is 7.31. The summed E-state index contributed by atoms with van der Waals surface area (Å²) in [5, 5.41) is 0. The van der Waals surface area contributed by atoms with Crippen LogP contribution in [0.5, 0.6) is 5.75 Å². The van der Waals surface area contributed by atoms with Crippen molar-refractivity contribution in [3.63, 3.8) is 0 Å². The van der Waals surface area contributed by atoms with E-state index in [1.54, 1.807) is 29.6 Å². The minimum absolute atomic E-state index is 0.142. The van der Waals surface area contributed by atoms with Gasteiger partial charge in [0.15, 0.2) is 0 Å².